The van der Waals surface area contributed by atoms with E-state index < -0.39 is 6.55 Å². The number of ether oxygens (including phenoxy) is 2. The first-order chi connectivity index (χ1) is 13.5. The van der Waals surface area contributed by atoms with Crippen molar-refractivity contribution >= 4 is 11.4 Å². The fraction of sp³-hybridized carbons (Fsp3) is 0.421. The number of fused-ring (bicyclic) bond motifs is 1. The molecule has 0 N–H and O–H groups in total. The average Bonchev–Trinajstić information content (AvgIpc) is 3.35. The van der Waals surface area contributed by atoms with Crippen LogP contribution in [-0.2, 0) is 11.2 Å². The Balaban J connectivity index is 1.60. The van der Waals surface area contributed by atoms with Gasteiger partial charge in [-0.1, -0.05) is 0 Å². The fourth-order valence-electron chi connectivity index (χ4n) is 3.45. The van der Waals surface area contributed by atoms with Crippen LogP contribution in [0, 0.1) is 0 Å². The van der Waals surface area contributed by atoms with Crippen molar-refractivity contribution in [2.75, 3.05) is 20.3 Å². The van der Waals surface area contributed by atoms with Crippen LogP contribution in [0.25, 0.3) is 5.65 Å². The lowest BCUT2D eigenvalue weighted by atomic mass is 9.97. The molecule has 7 nitrogen and oxygen atoms in total. The average molecular weight is 390 g/mol. The Morgan fingerprint density at radius 1 is 1.36 bits per heavy atom. The van der Waals surface area contributed by atoms with Crippen molar-refractivity contribution in [3.8, 4) is 5.75 Å². The lowest BCUT2D eigenvalue weighted by Gasteiger charge is -2.19. The molecule has 4 rings (SSSR count). The molecule has 148 valence electrons. The summed E-state index contributed by atoms with van der Waals surface area (Å²) >= 11 is 0. The van der Waals surface area contributed by atoms with Crippen LogP contribution in [-0.4, -0.2) is 45.3 Å². The summed E-state index contributed by atoms with van der Waals surface area (Å²) in [4.78, 5) is 17.1. The molecule has 28 heavy (non-hydrogen) atoms. The first kappa shape index (κ1) is 18.5. The number of hydrogen-bond donors (Lipinski definition) is 0. The zero-order valence-electron chi connectivity index (χ0n) is 15.3. The standard InChI is InChI=1S/C19H20F2N4O3/c1-27-17-9-12(8-16(26)14-2-5-25(23-14)19(20)21)10-24-11-15(22-18(17)24)13-3-6-28-7-4-13/h2,5,9-11,13,19H,3-4,6-8H2,1H3. The molecule has 0 saturated carbocycles. The second kappa shape index (κ2) is 7.67. The molecule has 4 heterocycles. The van der Waals surface area contributed by atoms with Crippen LogP contribution in [0.4, 0.5) is 8.78 Å². The number of alkyl halides is 2. The van der Waals surface area contributed by atoms with Crippen molar-refractivity contribution in [3.05, 3.63) is 47.7 Å². The number of ketones is 1. The second-order valence-corrected chi connectivity index (χ2v) is 6.76. The highest BCUT2D eigenvalue weighted by Gasteiger charge is 2.21. The van der Waals surface area contributed by atoms with Gasteiger partial charge in [-0.3, -0.25) is 4.79 Å². The van der Waals surface area contributed by atoms with Crippen LogP contribution >= 0.6 is 0 Å². The smallest absolute Gasteiger partial charge is 0.333 e. The number of nitrogens with zero attached hydrogens (tertiary/aromatic N) is 4. The number of rotatable bonds is 6. The van der Waals surface area contributed by atoms with Crippen LogP contribution in [0.1, 0.15) is 47.1 Å². The van der Waals surface area contributed by atoms with Gasteiger partial charge in [0.1, 0.15) is 5.69 Å². The van der Waals surface area contributed by atoms with Gasteiger partial charge in [-0.2, -0.15) is 13.9 Å². The van der Waals surface area contributed by atoms with E-state index in [0.717, 1.165) is 37.9 Å². The van der Waals surface area contributed by atoms with E-state index in [0.29, 0.717) is 27.6 Å². The Labute approximate surface area is 159 Å². The molecule has 0 aromatic carbocycles. The molecule has 1 aliphatic rings. The van der Waals surface area contributed by atoms with Crippen molar-refractivity contribution in [2.45, 2.75) is 31.7 Å². The normalized spacial score (nSPS) is 15.4. The number of carbonyl (C=O) groups excluding carboxylic acids is 1. The minimum Gasteiger partial charge on any atom is -0.493 e. The van der Waals surface area contributed by atoms with E-state index in [4.69, 9.17) is 14.5 Å². The van der Waals surface area contributed by atoms with E-state index in [1.807, 2.05) is 16.8 Å². The Kier molecular flexibility index (Phi) is 5.08. The third-order valence-corrected chi connectivity index (χ3v) is 4.91. The third kappa shape index (κ3) is 3.62. The van der Waals surface area contributed by atoms with Gasteiger partial charge in [-0.05, 0) is 30.5 Å². The number of Topliss-reactive ketones (excluding diaryl/α,β-unsaturated/α-hetero) is 1. The van der Waals surface area contributed by atoms with Gasteiger partial charge < -0.3 is 13.9 Å². The number of hydrogen-bond acceptors (Lipinski definition) is 5. The molecule has 0 unspecified atom stereocenters. The molecule has 0 spiro atoms. The lowest BCUT2D eigenvalue weighted by molar-refractivity contribution is 0.0560. The topological polar surface area (TPSA) is 70.7 Å². The van der Waals surface area contributed by atoms with Crippen molar-refractivity contribution in [1.29, 1.82) is 0 Å². The number of carbonyl (C=O) groups is 1. The Hall–Kier alpha value is -2.81. The van der Waals surface area contributed by atoms with E-state index in [-0.39, 0.29) is 17.9 Å². The maximum absolute atomic E-state index is 12.7. The fourth-order valence-corrected chi connectivity index (χ4v) is 3.45. The second-order valence-electron chi connectivity index (χ2n) is 6.76. The molecular weight excluding hydrogens is 370 g/mol. The van der Waals surface area contributed by atoms with Crippen LogP contribution in [0.5, 0.6) is 5.75 Å². The lowest BCUT2D eigenvalue weighted by Crippen LogP contribution is -2.14. The number of imidazole rings is 1. The number of aromatic nitrogens is 4. The van der Waals surface area contributed by atoms with Crippen LogP contribution in [0.15, 0.2) is 30.7 Å². The monoisotopic (exact) mass is 390 g/mol. The third-order valence-electron chi connectivity index (χ3n) is 4.91. The van der Waals surface area contributed by atoms with Crippen molar-refractivity contribution in [3.63, 3.8) is 0 Å². The van der Waals surface area contributed by atoms with Crippen LogP contribution in [0.2, 0.25) is 0 Å². The molecule has 1 fully saturated rings. The zero-order valence-corrected chi connectivity index (χ0v) is 15.3. The van der Waals surface area contributed by atoms with Crippen molar-refractivity contribution in [2.24, 2.45) is 0 Å². The molecule has 0 atom stereocenters. The van der Waals surface area contributed by atoms with E-state index in [9.17, 15) is 13.6 Å². The molecule has 1 saturated heterocycles. The Morgan fingerprint density at radius 2 is 2.14 bits per heavy atom. The number of methoxy groups -OCH3 is 1. The predicted molar refractivity (Wildman–Crippen MR) is 96.1 cm³/mol. The Morgan fingerprint density at radius 3 is 2.82 bits per heavy atom. The number of pyridine rings is 1. The van der Waals surface area contributed by atoms with Gasteiger partial charge in [0.15, 0.2) is 17.2 Å². The maximum Gasteiger partial charge on any atom is 0.333 e. The van der Waals surface area contributed by atoms with Gasteiger partial charge in [0.05, 0.1) is 12.8 Å². The predicted octanol–water partition coefficient (Wildman–Crippen LogP) is 3.25. The van der Waals surface area contributed by atoms with Gasteiger partial charge in [0.25, 0.3) is 0 Å². The summed E-state index contributed by atoms with van der Waals surface area (Å²) < 4.78 is 38.5. The summed E-state index contributed by atoms with van der Waals surface area (Å²) in [6.07, 6.45) is 6.73. The quantitative estimate of drug-likeness (QED) is 0.604. The first-order valence-electron chi connectivity index (χ1n) is 9.05. The minimum atomic E-state index is -2.77. The van der Waals surface area contributed by atoms with Gasteiger partial charge in [-0.25, -0.2) is 9.67 Å². The van der Waals surface area contributed by atoms with E-state index in [1.54, 1.807) is 13.2 Å². The van der Waals surface area contributed by atoms with Gasteiger partial charge in [-0.15, -0.1) is 0 Å². The van der Waals surface area contributed by atoms with Crippen molar-refractivity contribution < 1.29 is 23.0 Å². The minimum absolute atomic E-state index is 0.00731. The largest absolute Gasteiger partial charge is 0.493 e. The van der Waals surface area contributed by atoms with Crippen LogP contribution < -0.4 is 4.74 Å². The van der Waals surface area contributed by atoms with Crippen LogP contribution in [0.3, 0.4) is 0 Å². The summed E-state index contributed by atoms with van der Waals surface area (Å²) in [5.41, 5.74) is 2.35. The molecule has 0 aliphatic carbocycles. The molecule has 1 aliphatic heterocycles. The maximum atomic E-state index is 12.7. The highest BCUT2D eigenvalue weighted by atomic mass is 19.3. The molecule has 0 bridgehead atoms. The summed E-state index contributed by atoms with van der Waals surface area (Å²) in [6, 6.07) is 3.04. The highest BCUT2D eigenvalue weighted by molar-refractivity contribution is 5.95. The summed E-state index contributed by atoms with van der Waals surface area (Å²) in [5.74, 6) is 0.550. The summed E-state index contributed by atoms with van der Waals surface area (Å²) in [6.45, 7) is -1.32. The molecule has 3 aromatic heterocycles. The highest BCUT2D eigenvalue weighted by Crippen LogP contribution is 2.29. The molecule has 0 amide bonds. The van der Waals surface area contributed by atoms with Gasteiger partial charge in [0, 0.05) is 44.1 Å². The van der Waals surface area contributed by atoms with Gasteiger partial charge in [0.2, 0.25) is 0 Å². The zero-order chi connectivity index (χ0) is 19.7. The van der Waals surface area contributed by atoms with Gasteiger partial charge >= 0.3 is 6.55 Å². The van der Waals surface area contributed by atoms with E-state index in [2.05, 4.69) is 5.10 Å². The summed E-state index contributed by atoms with van der Waals surface area (Å²) in [5, 5.41) is 3.63. The Bertz CT molecular complexity index is 992. The molecule has 9 heteroatoms. The molecule has 0 radical (unpaired) electrons. The first-order valence-corrected chi connectivity index (χ1v) is 9.05. The van der Waals surface area contributed by atoms with Crippen molar-refractivity contribution in [1.82, 2.24) is 19.2 Å². The summed E-state index contributed by atoms with van der Waals surface area (Å²) in [7, 11) is 1.55. The SMILES string of the molecule is COc1cc(CC(=O)c2ccn(C(F)F)n2)cn2cc(C3CCOCC3)nc12. The molecule has 3 aromatic rings. The van der Waals surface area contributed by atoms with E-state index >= 15 is 0 Å². The number of halogens is 2. The molecular formula is C19H20F2N4O3. The van der Waals surface area contributed by atoms with E-state index in [1.165, 1.54) is 6.07 Å².